The number of nitrogens with one attached hydrogen (secondary N) is 2. The minimum Gasteiger partial charge on any atom is -0.302 e. The van der Waals surface area contributed by atoms with Crippen molar-refractivity contribution in [3.8, 4) is 6.07 Å². The highest BCUT2D eigenvalue weighted by Crippen LogP contribution is 2.07. The smallest absolute Gasteiger partial charge is 0.243 e. The van der Waals surface area contributed by atoms with E-state index >= 15 is 0 Å². The van der Waals surface area contributed by atoms with Crippen molar-refractivity contribution in [1.29, 1.82) is 5.26 Å². The maximum atomic E-state index is 11.5. The van der Waals surface area contributed by atoms with E-state index in [1.807, 2.05) is 6.07 Å². The van der Waals surface area contributed by atoms with Crippen LogP contribution in [0.15, 0.2) is 24.3 Å². The predicted octanol–water partition coefficient (Wildman–Crippen LogP) is 0.453. The van der Waals surface area contributed by atoms with E-state index in [0.29, 0.717) is 24.9 Å². The summed E-state index contributed by atoms with van der Waals surface area (Å²) in [7, 11) is 0. The fourth-order valence-electron chi connectivity index (χ4n) is 1.88. The number of carbonyl (C=O) groups is 2. The molecule has 2 N–H and O–H groups in total. The Hall–Kier alpha value is -2.19. The lowest BCUT2D eigenvalue weighted by Crippen LogP contribution is -2.50. The van der Waals surface area contributed by atoms with Crippen LogP contribution < -0.4 is 10.6 Å². The monoisotopic (exact) mass is 243 g/mol. The first-order chi connectivity index (χ1) is 8.69. The Morgan fingerprint density at radius 1 is 1.44 bits per heavy atom. The SMILES string of the molecule is N#Cc1cccc(CNC2CCC(=O)NC2=O)c1. The molecule has 1 fully saturated rings. The lowest BCUT2D eigenvalue weighted by atomic mass is 10.1. The number of benzene rings is 1. The quantitative estimate of drug-likeness (QED) is 0.755. The molecule has 1 aliphatic rings. The van der Waals surface area contributed by atoms with Gasteiger partial charge in [-0.15, -0.1) is 0 Å². The molecule has 1 atom stereocenters. The normalized spacial score (nSPS) is 19.2. The maximum Gasteiger partial charge on any atom is 0.243 e. The lowest BCUT2D eigenvalue weighted by Gasteiger charge is -2.21. The van der Waals surface area contributed by atoms with Gasteiger partial charge in [-0.1, -0.05) is 12.1 Å². The Bertz CT molecular complexity index is 519. The molecule has 0 spiro atoms. The number of nitriles is 1. The molecule has 0 bridgehead atoms. The summed E-state index contributed by atoms with van der Waals surface area (Å²) >= 11 is 0. The van der Waals surface area contributed by atoms with Gasteiger partial charge in [0.1, 0.15) is 0 Å². The van der Waals surface area contributed by atoms with Gasteiger partial charge in [-0.25, -0.2) is 0 Å². The molecule has 1 saturated heterocycles. The Labute approximate surface area is 105 Å². The first kappa shape index (κ1) is 12.3. The van der Waals surface area contributed by atoms with E-state index in [4.69, 9.17) is 5.26 Å². The van der Waals surface area contributed by atoms with Gasteiger partial charge in [0.15, 0.2) is 0 Å². The standard InChI is InChI=1S/C13H13N3O2/c14-7-9-2-1-3-10(6-9)8-15-11-4-5-12(17)16-13(11)18/h1-3,6,11,15H,4-5,8H2,(H,16,17,18). The van der Waals surface area contributed by atoms with E-state index in [9.17, 15) is 9.59 Å². The summed E-state index contributed by atoms with van der Waals surface area (Å²) < 4.78 is 0. The zero-order valence-electron chi connectivity index (χ0n) is 9.77. The van der Waals surface area contributed by atoms with Crippen molar-refractivity contribution in [3.63, 3.8) is 0 Å². The van der Waals surface area contributed by atoms with Gasteiger partial charge in [0.2, 0.25) is 11.8 Å². The van der Waals surface area contributed by atoms with Crippen LogP contribution in [0.25, 0.3) is 0 Å². The van der Waals surface area contributed by atoms with E-state index in [1.54, 1.807) is 18.2 Å². The molecule has 92 valence electrons. The molecule has 1 unspecified atom stereocenters. The van der Waals surface area contributed by atoms with Gasteiger partial charge in [-0.2, -0.15) is 5.26 Å². The summed E-state index contributed by atoms with van der Waals surface area (Å²) in [5, 5.41) is 14.2. The molecule has 5 nitrogen and oxygen atoms in total. The van der Waals surface area contributed by atoms with Crippen molar-refractivity contribution in [2.75, 3.05) is 0 Å². The molecule has 1 aromatic rings. The van der Waals surface area contributed by atoms with Gasteiger partial charge in [0.05, 0.1) is 17.7 Å². The summed E-state index contributed by atoms with van der Waals surface area (Å²) in [4.78, 5) is 22.5. The second-order valence-corrected chi connectivity index (χ2v) is 4.20. The number of piperidine rings is 1. The molecule has 0 aromatic heterocycles. The minimum absolute atomic E-state index is 0.218. The highest BCUT2D eigenvalue weighted by atomic mass is 16.2. The second-order valence-electron chi connectivity index (χ2n) is 4.20. The van der Waals surface area contributed by atoms with E-state index < -0.39 is 0 Å². The maximum absolute atomic E-state index is 11.5. The molecular formula is C13H13N3O2. The van der Waals surface area contributed by atoms with Crippen LogP contribution in [0.5, 0.6) is 0 Å². The predicted molar refractivity (Wildman–Crippen MR) is 64.2 cm³/mol. The van der Waals surface area contributed by atoms with Crippen LogP contribution in [0.4, 0.5) is 0 Å². The molecule has 0 aliphatic carbocycles. The van der Waals surface area contributed by atoms with Crippen molar-refractivity contribution in [1.82, 2.24) is 10.6 Å². The number of hydrogen-bond donors (Lipinski definition) is 2. The van der Waals surface area contributed by atoms with Gasteiger partial charge in [0.25, 0.3) is 0 Å². The summed E-state index contributed by atoms with van der Waals surface area (Å²) in [5.74, 6) is -0.493. The zero-order chi connectivity index (χ0) is 13.0. The molecule has 0 radical (unpaired) electrons. The van der Waals surface area contributed by atoms with Crippen molar-refractivity contribution >= 4 is 11.8 Å². The van der Waals surface area contributed by atoms with Crippen LogP contribution in [0, 0.1) is 11.3 Å². The number of hydrogen-bond acceptors (Lipinski definition) is 4. The Morgan fingerprint density at radius 3 is 3.00 bits per heavy atom. The van der Waals surface area contributed by atoms with Crippen molar-refractivity contribution in [2.24, 2.45) is 0 Å². The molecule has 2 amide bonds. The molecule has 1 aromatic carbocycles. The van der Waals surface area contributed by atoms with Gasteiger partial charge < -0.3 is 5.32 Å². The van der Waals surface area contributed by atoms with Crippen LogP contribution in [-0.4, -0.2) is 17.9 Å². The molecule has 2 rings (SSSR count). The largest absolute Gasteiger partial charge is 0.302 e. The van der Waals surface area contributed by atoms with E-state index in [2.05, 4.69) is 16.7 Å². The molecule has 1 aliphatic heterocycles. The van der Waals surface area contributed by atoms with Crippen LogP contribution in [0.2, 0.25) is 0 Å². The van der Waals surface area contributed by atoms with Crippen LogP contribution in [-0.2, 0) is 16.1 Å². The fraction of sp³-hybridized carbons (Fsp3) is 0.308. The highest BCUT2D eigenvalue weighted by Gasteiger charge is 2.25. The third-order valence-corrected chi connectivity index (χ3v) is 2.85. The molecule has 0 saturated carbocycles. The summed E-state index contributed by atoms with van der Waals surface area (Å²) in [5.41, 5.74) is 1.54. The second kappa shape index (κ2) is 5.43. The third kappa shape index (κ3) is 2.93. The number of nitrogens with zero attached hydrogens (tertiary/aromatic N) is 1. The molecule has 5 heteroatoms. The van der Waals surface area contributed by atoms with Crippen LogP contribution >= 0.6 is 0 Å². The fourth-order valence-corrected chi connectivity index (χ4v) is 1.88. The Balaban J connectivity index is 1.93. The average molecular weight is 243 g/mol. The van der Waals surface area contributed by atoms with Gasteiger partial charge in [-0.3, -0.25) is 14.9 Å². The summed E-state index contributed by atoms with van der Waals surface area (Å²) in [6.07, 6.45) is 0.879. The number of rotatable bonds is 3. The van der Waals surface area contributed by atoms with Gasteiger partial charge >= 0.3 is 0 Å². The highest BCUT2D eigenvalue weighted by molar-refractivity contribution is 6.00. The molecule has 1 heterocycles. The zero-order valence-corrected chi connectivity index (χ0v) is 9.77. The lowest BCUT2D eigenvalue weighted by molar-refractivity contribution is -0.134. The molecule has 18 heavy (non-hydrogen) atoms. The topological polar surface area (TPSA) is 82.0 Å². The van der Waals surface area contributed by atoms with Crippen molar-refractivity contribution < 1.29 is 9.59 Å². The van der Waals surface area contributed by atoms with Crippen LogP contribution in [0.3, 0.4) is 0 Å². The van der Waals surface area contributed by atoms with Crippen LogP contribution in [0.1, 0.15) is 24.0 Å². The number of imide groups is 1. The van der Waals surface area contributed by atoms with E-state index in [1.165, 1.54) is 0 Å². The van der Waals surface area contributed by atoms with Crippen molar-refractivity contribution in [2.45, 2.75) is 25.4 Å². The Morgan fingerprint density at radius 2 is 2.28 bits per heavy atom. The Kier molecular flexibility index (Phi) is 3.70. The summed E-state index contributed by atoms with van der Waals surface area (Å²) in [6, 6.07) is 8.93. The number of amides is 2. The van der Waals surface area contributed by atoms with E-state index in [-0.39, 0.29) is 17.9 Å². The third-order valence-electron chi connectivity index (χ3n) is 2.85. The average Bonchev–Trinajstić information content (AvgIpc) is 2.38. The summed E-state index contributed by atoms with van der Waals surface area (Å²) in [6.45, 7) is 0.502. The first-order valence-corrected chi connectivity index (χ1v) is 5.75. The first-order valence-electron chi connectivity index (χ1n) is 5.75. The van der Waals surface area contributed by atoms with E-state index in [0.717, 1.165) is 5.56 Å². The van der Waals surface area contributed by atoms with Gasteiger partial charge in [-0.05, 0) is 24.1 Å². The molecular weight excluding hydrogens is 230 g/mol. The van der Waals surface area contributed by atoms with Gasteiger partial charge in [0, 0.05) is 13.0 Å². The van der Waals surface area contributed by atoms with Crippen molar-refractivity contribution in [3.05, 3.63) is 35.4 Å². The minimum atomic E-state index is -0.339. The number of carbonyl (C=O) groups excluding carboxylic acids is 2.